The Labute approximate surface area is 362 Å². The van der Waals surface area contributed by atoms with Crippen molar-refractivity contribution in [1.29, 1.82) is 0 Å². The van der Waals surface area contributed by atoms with Crippen LogP contribution < -0.4 is 19.7 Å². The van der Waals surface area contributed by atoms with Crippen LogP contribution in [-0.2, 0) is 37.2 Å². The summed E-state index contributed by atoms with van der Waals surface area (Å²) in [7, 11) is 3.91. The zero-order valence-corrected chi connectivity index (χ0v) is 35.5. The highest BCUT2D eigenvalue weighted by Gasteiger charge is 2.36. The fourth-order valence-electron chi connectivity index (χ4n) is 9.19. The van der Waals surface area contributed by atoms with Gasteiger partial charge >= 0.3 is 0 Å². The molecule has 0 radical (unpaired) electrons. The van der Waals surface area contributed by atoms with Crippen LogP contribution in [-0.4, -0.2) is 115 Å². The minimum Gasteiger partial charge on any atom is -0.508 e. The van der Waals surface area contributed by atoms with E-state index in [9.17, 15) is 9.90 Å². The Balaban J connectivity index is 1.09. The summed E-state index contributed by atoms with van der Waals surface area (Å²) >= 11 is 0. The average Bonchev–Trinajstić information content (AvgIpc) is 3.92. The van der Waals surface area contributed by atoms with Crippen LogP contribution in [0.25, 0.3) is 11.3 Å². The normalized spacial score (nSPS) is 17.1. The van der Waals surface area contributed by atoms with Gasteiger partial charge in [0.25, 0.3) is 17.7 Å². The van der Waals surface area contributed by atoms with Crippen molar-refractivity contribution < 1.29 is 33.7 Å². The number of carbonyl (C=O) groups is 3. The van der Waals surface area contributed by atoms with Crippen LogP contribution in [0.5, 0.6) is 17.2 Å². The lowest BCUT2D eigenvalue weighted by atomic mass is 9.92. The molecule has 0 spiro atoms. The summed E-state index contributed by atoms with van der Waals surface area (Å²) in [5, 5.41) is 13.2. The van der Waals surface area contributed by atoms with E-state index < -0.39 is 0 Å². The molecular formula is C49H54N6O7. The highest BCUT2D eigenvalue weighted by atomic mass is 16.7. The van der Waals surface area contributed by atoms with Crippen LogP contribution in [0.2, 0.25) is 0 Å². The molecule has 5 aromatic rings. The molecule has 1 unspecified atom stereocenters. The number of aromatic nitrogens is 1. The Kier molecular flexibility index (Phi) is 12.0. The first-order chi connectivity index (χ1) is 30.2. The number of nitrogens with zero attached hydrogens (tertiary/aromatic N) is 5. The van der Waals surface area contributed by atoms with Crippen molar-refractivity contribution in [3.63, 3.8) is 0 Å². The summed E-state index contributed by atoms with van der Waals surface area (Å²) in [5.41, 5.74) is 7.69. The van der Waals surface area contributed by atoms with Gasteiger partial charge in [-0.2, -0.15) is 0 Å². The number of likely N-dealkylation sites (N-methyl/N-ethyl adjacent to an activating group) is 1. The first-order valence-electron chi connectivity index (χ1n) is 21.7. The van der Waals surface area contributed by atoms with Crippen LogP contribution >= 0.6 is 0 Å². The molecule has 4 aliphatic heterocycles. The van der Waals surface area contributed by atoms with E-state index in [1.165, 1.54) is 5.56 Å². The van der Waals surface area contributed by atoms with Crippen molar-refractivity contribution in [3.05, 3.63) is 130 Å². The monoisotopic (exact) mass is 838 g/mol. The minimum absolute atomic E-state index is 0.0553. The van der Waals surface area contributed by atoms with Crippen LogP contribution in [0, 0.1) is 0 Å². The van der Waals surface area contributed by atoms with Crippen LogP contribution in [0.4, 0.5) is 5.69 Å². The summed E-state index contributed by atoms with van der Waals surface area (Å²) in [6, 6.07) is 27.9. The zero-order valence-electron chi connectivity index (χ0n) is 35.5. The van der Waals surface area contributed by atoms with Crippen molar-refractivity contribution in [2.24, 2.45) is 0 Å². The molecule has 0 bridgehead atoms. The number of nitrogens with one attached hydrogen (secondary N) is 1. The van der Waals surface area contributed by atoms with Gasteiger partial charge < -0.3 is 43.9 Å². The number of phenols is 1. The number of ether oxygens (including phenoxy) is 3. The molecule has 0 aliphatic carbocycles. The molecule has 4 aromatic carbocycles. The van der Waals surface area contributed by atoms with E-state index in [1.807, 2.05) is 66.4 Å². The van der Waals surface area contributed by atoms with E-state index in [4.69, 9.17) is 14.2 Å². The number of phenolic OH excluding ortho intramolecular Hbond substituents is 1. The van der Waals surface area contributed by atoms with Crippen molar-refractivity contribution in [3.8, 4) is 28.5 Å². The summed E-state index contributed by atoms with van der Waals surface area (Å²) < 4.78 is 19.7. The van der Waals surface area contributed by atoms with Crippen molar-refractivity contribution in [2.75, 3.05) is 71.7 Å². The standard InChI is InChI=1S/C49H54N6O7/c1-51(2)19-17-50-47(57)35-11-7-8-33(24-35)29-54(37-13-15-39(56)16-14-37)49(59)42-26-44(53-18-6-5-12-43(42)53)40-27-45-46(62-32-61-45)28-41(40)48(58)55-30-36-10-4-3-9-34(36)25-38(55)31-52-20-22-60-23-21-52/h3-4,7-11,13-16,24,26-28,38,56H,5-6,12,17-23,25,29-32H2,1-2H3,(H,50,57). The third-order valence-corrected chi connectivity index (χ3v) is 12.5. The predicted octanol–water partition coefficient (Wildman–Crippen LogP) is 5.96. The molecule has 1 aromatic heterocycles. The molecule has 2 N–H and O–H groups in total. The van der Waals surface area contributed by atoms with E-state index in [-0.39, 0.29) is 42.9 Å². The number of amides is 3. The summed E-state index contributed by atoms with van der Waals surface area (Å²) in [5.74, 6) is 0.666. The van der Waals surface area contributed by atoms with Gasteiger partial charge in [-0.1, -0.05) is 36.4 Å². The molecule has 9 rings (SSSR count). The Morgan fingerprint density at radius 1 is 0.839 bits per heavy atom. The average molecular weight is 839 g/mol. The summed E-state index contributed by atoms with van der Waals surface area (Å²) in [6.45, 7) is 6.34. The van der Waals surface area contributed by atoms with E-state index in [2.05, 4.69) is 33.0 Å². The second-order valence-corrected chi connectivity index (χ2v) is 16.9. The number of benzene rings is 4. The van der Waals surface area contributed by atoms with Crippen molar-refractivity contribution in [2.45, 2.75) is 51.4 Å². The first-order valence-corrected chi connectivity index (χ1v) is 21.7. The number of hydrogen-bond acceptors (Lipinski definition) is 9. The minimum atomic E-state index is -0.222. The van der Waals surface area contributed by atoms with E-state index in [0.717, 1.165) is 61.4 Å². The maximum absolute atomic E-state index is 15.3. The Morgan fingerprint density at radius 3 is 2.40 bits per heavy atom. The molecule has 4 aliphatic rings. The van der Waals surface area contributed by atoms with Crippen molar-refractivity contribution >= 4 is 23.4 Å². The van der Waals surface area contributed by atoms with Gasteiger partial charge in [0.1, 0.15) is 5.75 Å². The van der Waals surface area contributed by atoms with E-state index in [1.54, 1.807) is 35.2 Å². The van der Waals surface area contributed by atoms with Crippen LogP contribution in [0.15, 0.2) is 91.0 Å². The lowest BCUT2D eigenvalue weighted by Gasteiger charge is -2.40. The van der Waals surface area contributed by atoms with Gasteiger partial charge in [0.05, 0.1) is 30.9 Å². The lowest BCUT2D eigenvalue weighted by molar-refractivity contribution is 0.0193. The SMILES string of the molecule is CN(C)CCNC(=O)c1cccc(CN(C(=O)c2cc(-c3cc4c(cc3C(=O)N3Cc5ccccc5CC3CN3CCOCC3)OCO4)n3c2CCCC3)c2ccc(O)cc2)c1. The van der Waals surface area contributed by atoms with Crippen LogP contribution in [0.1, 0.15) is 66.3 Å². The maximum Gasteiger partial charge on any atom is 0.260 e. The molecule has 5 heterocycles. The Morgan fingerprint density at radius 2 is 1.61 bits per heavy atom. The first kappa shape index (κ1) is 41.2. The van der Waals surface area contributed by atoms with E-state index in [0.29, 0.717) is 85.3 Å². The van der Waals surface area contributed by atoms with Gasteiger partial charge in [0.15, 0.2) is 11.5 Å². The number of carbonyl (C=O) groups excluding carboxylic acids is 3. The molecule has 1 atom stereocenters. The molecule has 1 fully saturated rings. The topological polar surface area (TPSA) is 129 Å². The summed E-state index contributed by atoms with van der Waals surface area (Å²) in [4.78, 5) is 51.8. The summed E-state index contributed by atoms with van der Waals surface area (Å²) in [6.07, 6.45) is 3.27. The fourth-order valence-corrected chi connectivity index (χ4v) is 9.19. The number of morpholine rings is 1. The molecule has 322 valence electrons. The smallest absolute Gasteiger partial charge is 0.260 e. The zero-order chi connectivity index (χ0) is 42.7. The van der Waals surface area contributed by atoms with Gasteiger partial charge in [-0.3, -0.25) is 19.3 Å². The number of aromatic hydroxyl groups is 1. The Bertz CT molecular complexity index is 2460. The fraction of sp³-hybridized carbons (Fsp3) is 0.367. The second-order valence-electron chi connectivity index (χ2n) is 16.9. The molecular weight excluding hydrogens is 785 g/mol. The predicted molar refractivity (Wildman–Crippen MR) is 236 cm³/mol. The number of rotatable bonds is 12. The third kappa shape index (κ3) is 8.65. The largest absolute Gasteiger partial charge is 0.508 e. The van der Waals surface area contributed by atoms with Gasteiger partial charge in [-0.25, -0.2) is 0 Å². The number of hydrogen-bond donors (Lipinski definition) is 2. The quantitative estimate of drug-likeness (QED) is 0.156. The molecule has 62 heavy (non-hydrogen) atoms. The van der Waals surface area contributed by atoms with Gasteiger partial charge in [-0.05, 0) is 111 Å². The maximum atomic E-state index is 15.3. The molecule has 0 saturated carbocycles. The number of anilines is 1. The molecule has 3 amide bonds. The van der Waals surface area contributed by atoms with Gasteiger partial charge in [0.2, 0.25) is 6.79 Å². The van der Waals surface area contributed by atoms with Gasteiger partial charge in [-0.15, -0.1) is 0 Å². The Hall–Kier alpha value is -6.15. The second kappa shape index (κ2) is 18.1. The molecule has 1 saturated heterocycles. The highest BCUT2D eigenvalue weighted by molar-refractivity contribution is 6.09. The van der Waals surface area contributed by atoms with Gasteiger partial charge in [0, 0.05) is 80.1 Å². The number of fused-ring (bicyclic) bond motifs is 3. The molecule has 13 heteroatoms. The lowest BCUT2D eigenvalue weighted by Crippen LogP contribution is -2.52. The van der Waals surface area contributed by atoms with E-state index >= 15 is 9.59 Å². The third-order valence-electron chi connectivity index (χ3n) is 12.5. The molecule has 13 nitrogen and oxygen atoms in total. The highest BCUT2D eigenvalue weighted by Crippen LogP contribution is 2.42. The van der Waals surface area contributed by atoms with Crippen molar-refractivity contribution in [1.82, 2.24) is 24.6 Å². The van der Waals surface area contributed by atoms with Crippen LogP contribution in [0.3, 0.4) is 0 Å².